The number of nitrogens with zero attached hydrogens (tertiary/aromatic N) is 3. The SMILES string of the molecule is NC(=N\O)/C(=N/Nc1ccccc1)[N+](=O)[O-]. The Bertz CT molecular complexity index is 429. The van der Waals surface area contributed by atoms with E-state index in [1.807, 2.05) is 0 Å². The van der Waals surface area contributed by atoms with Gasteiger partial charge in [0.05, 0.1) is 10.8 Å². The van der Waals surface area contributed by atoms with Crippen molar-refractivity contribution in [3.05, 3.63) is 40.4 Å². The number of nitrogens with one attached hydrogen (secondary N) is 1. The second kappa shape index (κ2) is 5.29. The predicted octanol–water partition coefficient (Wildman–Crippen LogP) is 0.435. The molecule has 1 aromatic carbocycles. The highest BCUT2D eigenvalue weighted by Crippen LogP contribution is 2.04. The zero-order chi connectivity index (χ0) is 12.0. The number of anilines is 1. The zero-order valence-electron chi connectivity index (χ0n) is 8.07. The molecule has 16 heavy (non-hydrogen) atoms. The maximum atomic E-state index is 10.5. The van der Waals surface area contributed by atoms with Crippen LogP contribution in [0.1, 0.15) is 0 Å². The van der Waals surface area contributed by atoms with E-state index in [4.69, 9.17) is 10.9 Å². The van der Waals surface area contributed by atoms with E-state index in [-0.39, 0.29) is 0 Å². The number of rotatable bonds is 2. The van der Waals surface area contributed by atoms with Crippen molar-refractivity contribution in [1.82, 2.24) is 0 Å². The molecular weight excluding hydrogens is 214 g/mol. The van der Waals surface area contributed by atoms with E-state index < -0.39 is 16.6 Å². The fraction of sp³-hybridized carbons (Fsp3) is 0. The Kier molecular flexibility index (Phi) is 3.78. The van der Waals surface area contributed by atoms with Crippen LogP contribution in [0.2, 0.25) is 0 Å². The summed E-state index contributed by atoms with van der Waals surface area (Å²) in [6, 6.07) is 8.56. The third-order valence-electron chi connectivity index (χ3n) is 1.57. The van der Waals surface area contributed by atoms with Gasteiger partial charge in [0.25, 0.3) is 5.84 Å². The summed E-state index contributed by atoms with van der Waals surface area (Å²) in [5.74, 6) is -1.43. The molecule has 0 saturated heterocycles. The Labute approximate surface area is 90.2 Å². The average Bonchev–Trinajstić information content (AvgIpc) is 2.30. The third-order valence-corrected chi connectivity index (χ3v) is 1.57. The van der Waals surface area contributed by atoms with Gasteiger partial charge in [0.15, 0.2) is 0 Å². The molecule has 1 aromatic rings. The fourth-order valence-electron chi connectivity index (χ4n) is 0.867. The second-order valence-corrected chi connectivity index (χ2v) is 2.66. The van der Waals surface area contributed by atoms with Gasteiger partial charge in [-0.2, -0.15) is 5.43 Å². The van der Waals surface area contributed by atoms with Crippen LogP contribution in [-0.2, 0) is 0 Å². The fourth-order valence-corrected chi connectivity index (χ4v) is 0.867. The van der Waals surface area contributed by atoms with Crippen molar-refractivity contribution in [2.75, 3.05) is 5.43 Å². The summed E-state index contributed by atoms with van der Waals surface area (Å²) in [6.45, 7) is 0. The number of oxime groups is 1. The van der Waals surface area contributed by atoms with Crippen LogP contribution >= 0.6 is 0 Å². The Morgan fingerprint density at radius 3 is 2.56 bits per heavy atom. The Morgan fingerprint density at radius 2 is 2.06 bits per heavy atom. The van der Waals surface area contributed by atoms with Crippen LogP contribution in [0.4, 0.5) is 5.69 Å². The lowest BCUT2D eigenvalue weighted by Crippen LogP contribution is -2.31. The van der Waals surface area contributed by atoms with E-state index >= 15 is 0 Å². The molecule has 0 aliphatic carbocycles. The smallest absolute Gasteiger partial charge is 0.409 e. The quantitative estimate of drug-likeness (QED) is 0.220. The molecule has 0 bridgehead atoms. The summed E-state index contributed by atoms with van der Waals surface area (Å²) < 4.78 is 0. The molecular formula is C8H9N5O3. The molecule has 0 fully saturated rings. The summed E-state index contributed by atoms with van der Waals surface area (Å²) >= 11 is 0. The van der Waals surface area contributed by atoms with Gasteiger partial charge in [-0.3, -0.25) is 0 Å². The Morgan fingerprint density at radius 1 is 1.44 bits per heavy atom. The molecule has 8 nitrogen and oxygen atoms in total. The number of hydrogen-bond donors (Lipinski definition) is 3. The molecule has 0 saturated carbocycles. The average molecular weight is 223 g/mol. The van der Waals surface area contributed by atoms with Crippen molar-refractivity contribution in [1.29, 1.82) is 0 Å². The Balaban J connectivity index is 2.85. The summed E-state index contributed by atoms with van der Waals surface area (Å²) in [5, 5.41) is 24.7. The highest BCUT2D eigenvalue weighted by Gasteiger charge is 2.19. The number of amidine groups is 2. The van der Waals surface area contributed by atoms with Crippen LogP contribution in [0.3, 0.4) is 0 Å². The van der Waals surface area contributed by atoms with E-state index in [1.165, 1.54) is 0 Å². The molecule has 8 heteroatoms. The van der Waals surface area contributed by atoms with Crippen molar-refractivity contribution in [3.8, 4) is 0 Å². The number of benzene rings is 1. The second-order valence-electron chi connectivity index (χ2n) is 2.66. The highest BCUT2D eigenvalue weighted by atomic mass is 16.6. The van der Waals surface area contributed by atoms with Crippen LogP contribution in [0.15, 0.2) is 40.6 Å². The number of nitro groups is 1. The number of hydrogen-bond acceptors (Lipinski definition) is 6. The van der Waals surface area contributed by atoms with Crippen molar-refractivity contribution in [2.45, 2.75) is 0 Å². The predicted molar refractivity (Wildman–Crippen MR) is 57.9 cm³/mol. The molecule has 0 aromatic heterocycles. The molecule has 0 radical (unpaired) electrons. The van der Waals surface area contributed by atoms with Gasteiger partial charge in [-0.05, 0) is 17.1 Å². The van der Waals surface area contributed by atoms with Gasteiger partial charge in [0, 0.05) is 0 Å². The molecule has 0 aliphatic rings. The van der Waals surface area contributed by atoms with Gasteiger partial charge in [-0.25, -0.2) is 0 Å². The van der Waals surface area contributed by atoms with Crippen LogP contribution < -0.4 is 11.2 Å². The molecule has 4 N–H and O–H groups in total. The molecule has 1 rings (SSSR count). The molecule has 0 unspecified atom stereocenters. The van der Waals surface area contributed by atoms with Crippen LogP contribution in [0.5, 0.6) is 0 Å². The standard InChI is InChI=1S/C8H9N5O3/c9-7(12-14)8(13(15)16)11-10-6-4-2-1-3-5-6/h1-5,10,14H,(H2,9,12)/b11-8-. The molecule has 0 amide bonds. The van der Waals surface area contributed by atoms with Crippen molar-refractivity contribution >= 4 is 17.4 Å². The largest absolute Gasteiger partial charge is 0.433 e. The highest BCUT2D eigenvalue weighted by molar-refractivity contribution is 6.36. The maximum absolute atomic E-state index is 10.5. The lowest BCUT2D eigenvalue weighted by molar-refractivity contribution is -0.346. The number of para-hydroxylation sites is 1. The molecule has 84 valence electrons. The van der Waals surface area contributed by atoms with E-state index in [2.05, 4.69) is 15.7 Å². The number of nitrogens with two attached hydrogens (primary N) is 1. The summed E-state index contributed by atoms with van der Waals surface area (Å²) in [6.07, 6.45) is 0. The normalized spacial score (nSPS) is 12.2. The topological polar surface area (TPSA) is 126 Å². The molecule has 0 spiro atoms. The minimum Gasteiger partial charge on any atom is -0.409 e. The van der Waals surface area contributed by atoms with E-state index in [1.54, 1.807) is 30.3 Å². The van der Waals surface area contributed by atoms with Gasteiger partial charge in [-0.1, -0.05) is 23.4 Å². The first kappa shape index (κ1) is 11.4. The van der Waals surface area contributed by atoms with Crippen LogP contribution in [-0.4, -0.2) is 21.8 Å². The minimum absolute atomic E-state index is 0.549. The van der Waals surface area contributed by atoms with Gasteiger partial charge in [0.2, 0.25) is 0 Å². The summed E-state index contributed by atoms with van der Waals surface area (Å²) in [7, 11) is 0. The first-order chi connectivity index (χ1) is 7.65. The Hall–Kier alpha value is -2.64. The lowest BCUT2D eigenvalue weighted by atomic mass is 10.3. The summed E-state index contributed by atoms with van der Waals surface area (Å²) in [5.41, 5.74) is 8.03. The first-order valence-electron chi connectivity index (χ1n) is 4.16. The number of hydrazone groups is 1. The zero-order valence-corrected chi connectivity index (χ0v) is 8.07. The van der Waals surface area contributed by atoms with E-state index in [9.17, 15) is 10.1 Å². The molecule has 0 aliphatic heterocycles. The van der Waals surface area contributed by atoms with Crippen molar-refractivity contribution < 1.29 is 10.1 Å². The van der Waals surface area contributed by atoms with Gasteiger partial charge in [0.1, 0.15) is 0 Å². The third kappa shape index (κ3) is 2.94. The van der Waals surface area contributed by atoms with E-state index in [0.29, 0.717) is 5.69 Å². The minimum atomic E-state index is -0.856. The van der Waals surface area contributed by atoms with Crippen molar-refractivity contribution in [2.24, 2.45) is 16.0 Å². The van der Waals surface area contributed by atoms with Crippen LogP contribution in [0.25, 0.3) is 0 Å². The first-order valence-corrected chi connectivity index (χ1v) is 4.16. The van der Waals surface area contributed by atoms with E-state index in [0.717, 1.165) is 0 Å². The maximum Gasteiger partial charge on any atom is 0.433 e. The van der Waals surface area contributed by atoms with Gasteiger partial charge < -0.3 is 21.1 Å². The van der Waals surface area contributed by atoms with Gasteiger partial charge >= 0.3 is 5.84 Å². The van der Waals surface area contributed by atoms with Gasteiger partial charge in [-0.15, -0.1) is 0 Å². The molecule has 0 atom stereocenters. The van der Waals surface area contributed by atoms with Crippen molar-refractivity contribution in [3.63, 3.8) is 0 Å². The summed E-state index contributed by atoms with van der Waals surface area (Å²) in [4.78, 5) is 9.63. The van der Waals surface area contributed by atoms with Crippen LogP contribution in [0, 0.1) is 10.1 Å². The molecule has 0 heterocycles. The lowest BCUT2D eigenvalue weighted by Gasteiger charge is -1.96. The monoisotopic (exact) mass is 223 g/mol.